The lowest BCUT2D eigenvalue weighted by molar-refractivity contribution is 0.00459. The summed E-state index contributed by atoms with van der Waals surface area (Å²) in [5.74, 6) is 0.862. The van der Waals surface area contributed by atoms with Gasteiger partial charge in [0.15, 0.2) is 0 Å². The number of ether oxygens (including phenoxy) is 2. The van der Waals surface area contributed by atoms with Crippen molar-refractivity contribution in [1.29, 1.82) is 0 Å². The molecule has 1 aliphatic heterocycles. The van der Waals surface area contributed by atoms with Crippen molar-refractivity contribution in [2.75, 3.05) is 39.5 Å². The number of aliphatic hydroxyl groups excluding tert-OH is 1. The molecule has 0 bridgehead atoms. The minimum absolute atomic E-state index is 0.335. The van der Waals surface area contributed by atoms with Gasteiger partial charge in [-0.1, -0.05) is 12.1 Å². The number of morpholine rings is 1. The lowest BCUT2D eigenvalue weighted by Gasteiger charge is -2.28. The Labute approximate surface area is 114 Å². The average Bonchev–Trinajstić information content (AvgIpc) is 2.42. The third-order valence-corrected chi connectivity index (χ3v) is 3.56. The molecule has 0 saturated carbocycles. The summed E-state index contributed by atoms with van der Waals surface area (Å²) in [4.78, 5) is 2.21. The van der Waals surface area contributed by atoms with E-state index in [9.17, 15) is 5.11 Å². The van der Waals surface area contributed by atoms with Crippen LogP contribution in [0.15, 0.2) is 18.2 Å². The average molecular weight is 265 g/mol. The van der Waals surface area contributed by atoms with Crippen LogP contribution in [0.25, 0.3) is 0 Å². The first-order valence-electron chi connectivity index (χ1n) is 6.84. The Morgan fingerprint density at radius 1 is 1.32 bits per heavy atom. The zero-order valence-electron chi connectivity index (χ0n) is 11.8. The Balaban J connectivity index is 1.79. The van der Waals surface area contributed by atoms with E-state index in [0.717, 1.165) is 37.6 Å². The zero-order valence-corrected chi connectivity index (χ0v) is 11.8. The van der Waals surface area contributed by atoms with Gasteiger partial charge in [-0.3, -0.25) is 4.90 Å². The van der Waals surface area contributed by atoms with Gasteiger partial charge < -0.3 is 14.6 Å². The summed E-state index contributed by atoms with van der Waals surface area (Å²) in [6.45, 7) is 8.37. The van der Waals surface area contributed by atoms with Crippen LogP contribution in [0.1, 0.15) is 11.1 Å². The molecule has 2 rings (SSSR count). The minimum Gasteiger partial charge on any atom is -0.491 e. The van der Waals surface area contributed by atoms with Crippen LogP contribution >= 0.6 is 0 Å². The Kier molecular flexibility index (Phi) is 5.19. The standard InChI is InChI=1S/C15H23NO3/c1-12-4-3-5-15(13(12)2)19-11-14(17)10-16-6-8-18-9-7-16/h3-5,14,17H,6-11H2,1-2H3/t14-/m1/s1. The van der Waals surface area contributed by atoms with Gasteiger partial charge in [0.1, 0.15) is 18.5 Å². The van der Waals surface area contributed by atoms with Crippen LogP contribution in [-0.2, 0) is 4.74 Å². The molecule has 1 aromatic rings. The van der Waals surface area contributed by atoms with Gasteiger partial charge in [0.25, 0.3) is 0 Å². The molecule has 0 spiro atoms. The van der Waals surface area contributed by atoms with Crippen molar-refractivity contribution in [3.8, 4) is 5.75 Å². The molecular formula is C15H23NO3. The van der Waals surface area contributed by atoms with E-state index in [1.165, 1.54) is 5.56 Å². The van der Waals surface area contributed by atoms with Gasteiger partial charge in [-0.2, -0.15) is 0 Å². The van der Waals surface area contributed by atoms with Crippen LogP contribution in [0.5, 0.6) is 5.75 Å². The predicted octanol–water partition coefficient (Wildman–Crippen LogP) is 1.38. The summed E-state index contributed by atoms with van der Waals surface area (Å²) in [6.07, 6.45) is -0.460. The Morgan fingerprint density at radius 3 is 2.79 bits per heavy atom. The maximum Gasteiger partial charge on any atom is 0.122 e. The third-order valence-electron chi connectivity index (χ3n) is 3.56. The van der Waals surface area contributed by atoms with Crippen molar-refractivity contribution in [3.63, 3.8) is 0 Å². The van der Waals surface area contributed by atoms with Crippen LogP contribution in [0.4, 0.5) is 0 Å². The quantitative estimate of drug-likeness (QED) is 0.873. The number of β-amino-alcohol motifs (C(OH)–C–C–N with tert-alkyl or cyclic N) is 1. The number of nitrogens with zero attached hydrogens (tertiary/aromatic N) is 1. The van der Waals surface area contributed by atoms with Crippen molar-refractivity contribution in [3.05, 3.63) is 29.3 Å². The predicted molar refractivity (Wildman–Crippen MR) is 74.7 cm³/mol. The normalized spacial score (nSPS) is 18.3. The largest absolute Gasteiger partial charge is 0.491 e. The van der Waals surface area contributed by atoms with E-state index >= 15 is 0 Å². The molecule has 0 unspecified atom stereocenters. The zero-order chi connectivity index (χ0) is 13.7. The molecule has 0 aromatic heterocycles. The fourth-order valence-corrected chi connectivity index (χ4v) is 2.20. The second-order valence-electron chi connectivity index (χ2n) is 5.08. The summed E-state index contributed by atoms with van der Waals surface area (Å²) >= 11 is 0. The van der Waals surface area contributed by atoms with Gasteiger partial charge in [0.2, 0.25) is 0 Å². The highest BCUT2D eigenvalue weighted by Crippen LogP contribution is 2.20. The summed E-state index contributed by atoms with van der Waals surface area (Å²) < 4.78 is 11.0. The minimum atomic E-state index is -0.460. The van der Waals surface area contributed by atoms with Crippen LogP contribution in [0, 0.1) is 13.8 Å². The molecule has 1 fully saturated rings. The van der Waals surface area contributed by atoms with E-state index in [1.807, 2.05) is 19.1 Å². The third kappa shape index (κ3) is 4.20. The number of aliphatic hydroxyl groups is 1. The molecule has 1 saturated heterocycles. The molecule has 0 amide bonds. The summed E-state index contributed by atoms with van der Waals surface area (Å²) in [5, 5.41) is 10.0. The van der Waals surface area contributed by atoms with E-state index in [-0.39, 0.29) is 0 Å². The van der Waals surface area contributed by atoms with Crippen LogP contribution < -0.4 is 4.74 Å². The Morgan fingerprint density at radius 2 is 2.05 bits per heavy atom. The van der Waals surface area contributed by atoms with E-state index in [1.54, 1.807) is 0 Å². The van der Waals surface area contributed by atoms with Crippen molar-refractivity contribution in [2.45, 2.75) is 20.0 Å². The highest BCUT2D eigenvalue weighted by atomic mass is 16.5. The van der Waals surface area contributed by atoms with E-state index in [2.05, 4.69) is 17.9 Å². The van der Waals surface area contributed by atoms with Gasteiger partial charge in [0, 0.05) is 19.6 Å². The highest BCUT2D eigenvalue weighted by molar-refractivity contribution is 5.38. The van der Waals surface area contributed by atoms with Crippen LogP contribution in [0.3, 0.4) is 0 Å². The SMILES string of the molecule is Cc1cccc(OC[C@H](O)CN2CCOCC2)c1C. The lowest BCUT2D eigenvalue weighted by atomic mass is 10.1. The van der Waals surface area contributed by atoms with Crippen molar-refractivity contribution in [2.24, 2.45) is 0 Å². The molecule has 4 heteroatoms. The van der Waals surface area contributed by atoms with E-state index in [4.69, 9.17) is 9.47 Å². The molecule has 1 N–H and O–H groups in total. The first-order valence-corrected chi connectivity index (χ1v) is 6.84. The number of benzene rings is 1. The molecule has 1 aliphatic rings. The van der Waals surface area contributed by atoms with Crippen molar-refractivity contribution in [1.82, 2.24) is 4.90 Å². The van der Waals surface area contributed by atoms with Gasteiger partial charge >= 0.3 is 0 Å². The second kappa shape index (κ2) is 6.89. The molecular weight excluding hydrogens is 242 g/mol. The smallest absolute Gasteiger partial charge is 0.122 e. The number of aryl methyl sites for hydroxylation is 1. The number of hydrogen-bond donors (Lipinski definition) is 1. The van der Waals surface area contributed by atoms with Gasteiger partial charge in [-0.25, -0.2) is 0 Å². The Hall–Kier alpha value is -1.10. The molecule has 1 aromatic carbocycles. The monoisotopic (exact) mass is 265 g/mol. The van der Waals surface area contributed by atoms with Crippen LogP contribution in [0.2, 0.25) is 0 Å². The maximum atomic E-state index is 10.0. The fourth-order valence-electron chi connectivity index (χ4n) is 2.20. The summed E-state index contributed by atoms with van der Waals surface area (Å²) in [7, 11) is 0. The fraction of sp³-hybridized carbons (Fsp3) is 0.600. The van der Waals surface area contributed by atoms with Gasteiger partial charge in [-0.05, 0) is 31.0 Å². The molecule has 0 radical (unpaired) electrons. The molecule has 19 heavy (non-hydrogen) atoms. The molecule has 0 aliphatic carbocycles. The van der Waals surface area contributed by atoms with Crippen molar-refractivity contribution >= 4 is 0 Å². The second-order valence-corrected chi connectivity index (χ2v) is 5.08. The summed E-state index contributed by atoms with van der Waals surface area (Å²) in [5.41, 5.74) is 2.35. The number of hydrogen-bond acceptors (Lipinski definition) is 4. The topological polar surface area (TPSA) is 41.9 Å². The van der Waals surface area contributed by atoms with Gasteiger partial charge in [-0.15, -0.1) is 0 Å². The Bertz CT molecular complexity index is 402. The molecule has 1 heterocycles. The van der Waals surface area contributed by atoms with Crippen molar-refractivity contribution < 1.29 is 14.6 Å². The van der Waals surface area contributed by atoms with E-state index in [0.29, 0.717) is 13.2 Å². The number of rotatable bonds is 5. The maximum absolute atomic E-state index is 10.0. The van der Waals surface area contributed by atoms with Crippen LogP contribution in [-0.4, -0.2) is 55.6 Å². The molecule has 1 atom stereocenters. The first-order chi connectivity index (χ1) is 9.16. The van der Waals surface area contributed by atoms with E-state index < -0.39 is 6.10 Å². The lowest BCUT2D eigenvalue weighted by Crippen LogP contribution is -2.42. The first kappa shape index (κ1) is 14.3. The summed E-state index contributed by atoms with van der Waals surface area (Å²) in [6, 6.07) is 5.99. The highest BCUT2D eigenvalue weighted by Gasteiger charge is 2.15. The van der Waals surface area contributed by atoms with Gasteiger partial charge in [0.05, 0.1) is 13.2 Å². The molecule has 106 valence electrons. The molecule has 4 nitrogen and oxygen atoms in total.